The second kappa shape index (κ2) is 16.6. The maximum Gasteiger partial charge on any atom is 0.311 e. The van der Waals surface area contributed by atoms with E-state index < -0.39 is 0 Å². The monoisotopic (exact) mass is 480 g/mol. The van der Waals surface area contributed by atoms with Gasteiger partial charge in [0.2, 0.25) is 0 Å². The minimum absolute atomic E-state index is 0.0992. The summed E-state index contributed by atoms with van der Waals surface area (Å²) in [5, 5.41) is 0. The number of hydrogen-bond acceptors (Lipinski definition) is 6. The average molecular weight is 481 g/mol. The van der Waals surface area contributed by atoms with Gasteiger partial charge in [0, 0.05) is 18.4 Å². The van der Waals surface area contributed by atoms with Crippen LogP contribution in [0.1, 0.15) is 90.5 Å². The van der Waals surface area contributed by atoms with Crippen molar-refractivity contribution in [3.63, 3.8) is 0 Å². The molecule has 0 N–H and O–H groups in total. The number of esters is 2. The summed E-state index contributed by atoms with van der Waals surface area (Å²) in [6.07, 6.45) is 17.5. The molecule has 35 heavy (non-hydrogen) atoms. The van der Waals surface area contributed by atoms with Crippen molar-refractivity contribution in [1.82, 2.24) is 9.97 Å². The molecule has 0 saturated carbocycles. The van der Waals surface area contributed by atoms with Crippen LogP contribution in [0.3, 0.4) is 0 Å². The molecule has 0 saturated heterocycles. The number of aromatic nitrogens is 2. The Morgan fingerprint density at radius 3 is 2.20 bits per heavy atom. The molecule has 1 unspecified atom stereocenters. The molecule has 1 atom stereocenters. The van der Waals surface area contributed by atoms with Gasteiger partial charge in [-0.1, -0.05) is 63.1 Å². The summed E-state index contributed by atoms with van der Waals surface area (Å²) in [5.74, 6) is 0.519. The van der Waals surface area contributed by atoms with Gasteiger partial charge in [0.05, 0.1) is 18.5 Å². The molecule has 6 nitrogen and oxygen atoms in total. The second-order valence-corrected chi connectivity index (χ2v) is 8.82. The highest BCUT2D eigenvalue weighted by Crippen LogP contribution is 2.19. The molecule has 0 aliphatic heterocycles. The average Bonchev–Trinajstić information content (AvgIpc) is 2.87. The molecule has 1 aromatic carbocycles. The number of allylic oxidation sites excluding steroid dienone is 2. The Hall–Kier alpha value is -3.02. The zero-order valence-corrected chi connectivity index (χ0v) is 21.5. The zero-order chi connectivity index (χ0) is 25.3. The number of nitrogens with zero attached hydrogens (tertiary/aromatic N) is 2. The van der Waals surface area contributed by atoms with E-state index in [0.29, 0.717) is 24.4 Å². The Kier molecular flexibility index (Phi) is 13.4. The van der Waals surface area contributed by atoms with Crippen LogP contribution in [0.2, 0.25) is 0 Å². The number of rotatable bonds is 16. The predicted octanol–water partition coefficient (Wildman–Crippen LogP) is 7.02. The fourth-order valence-electron chi connectivity index (χ4n) is 3.54. The lowest BCUT2D eigenvalue weighted by Crippen LogP contribution is -2.14. The number of aryl methyl sites for hydroxylation is 1. The van der Waals surface area contributed by atoms with Crippen molar-refractivity contribution in [2.24, 2.45) is 0 Å². The molecule has 2 aromatic rings. The summed E-state index contributed by atoms with van der Waals surface area (Å²) in [5.41, 5.74) is 2.05. The maximum absolute atomic E-state index is 12.1. The smallest absolute Gasteiger partial charge is 0.311 e. The summed E-state index contributed by atoms with van der Waals surface area (Å²) >= 11 is 0. The minimum atomic E-state index is -0.253. The van der Waals surface area contributed by atoms with Gasteiger partial charge < -0.3 is 9.47 Å². The molecular weight excluding hydrogens is 440 g/mol. The van der Waals surface area contributed by atoms with Gasteiger partial charge in [-0.15, -0.1) is 0 Å². The Labute approximate surface area is 210 Å². The molecule has 0 radical (unpaired) electrons. The van der Waals surface area contributed by atoms with Crippen LogP contribution in [0, 0.1) is 0 Å². The Morgan fingerprint density at radius 1 is 0.914 bits per heavy atom. The lowest BCUT2D eigenvalue weighted by molar-refractivity contribution is -0.148. The van der Waals surface area contributed by atoms with E-state index in [0.717, 1.165) is 49.7 Å². The van der Waals surface area contributed by atoms with Crippen LogP contribution in [-0.2, 0) is 20.7 Å². The van der Waals surface area contributed by atoms with E-state index in [-0.39, 0.29) is 18.0 Å². The molecule has 0 aliphatic carbocycles. The number of unbranched alkanes of at least 4 members (excludes halogenated alkanes) is 5. The van der Waals surface area contributed by atoms with E-state index in [1.807, 2.05) is 31.2 Å². The summed E-state index contributed by atoms with van der Waals surface area (Å²) in [6, 6.07) is 8.00. The van der Waals surface area contributed by atoms with Crippen LogP contribution in [-0.4, -0.2) is 28.0 Å². The molecule has 0 bridgehead atoms. The van der Waals surface area contributed by atoms with E-state index in [4.69, 9.17) is 9.47 Å². The van der Waals surface area contributed by atoms with Crippen molar-refractivity contribution >= 4 is 11.9 Å². The normalized spacial score (nSPS) is 12.0. The molecule has 0 fully saturated rings. The highest BCUT2D eigenvalue weighted by molar-refractivity contribution is 5.72. The molecule has 0 aliphatic rings. The van der Waals surface area contributed by atoms with E-state index in [1.165, 1.54) is 31.7 Å². The number of hydrogen-bond donors (Lipinski definition) is 0. The maximum atomic E-state index is 12.1. The quantitative estimate of drug-likeness (QED) is 0.146. The van der Waals surface area contributed by atoms with Crippen molar-refractivity contribution in [3.05, 3.63) is 54.4 Å². The van der Waals surface area contributed by atoms with Gasteiger partial charge in [-0.25, -0.2) is 9.97 Å². The predicted molar refractivity (Wildman–Crippen MR) is 139 cm³/mol. The van der Waals surface area contributed by atoms with Crippen LogP contribution in [0.25, 0.3) is 11.4 Å². The van der Waals surface area contributed by atoms with Gasteiger partial charge in [-0.3, -0.25) is 9.59 Å². The summed E-state index contributed by atoms with van der Waals surface area (Å²) < 4.78 is 10.7. The highest BCUT2D eigenvalue weighted by atomic mass is 16.5. The Morgan fingerprint density at radius 2 is 1.57 bits per heavy atom. The molecular formula is C29H40N2O4. The Bertz CT molecular complexity index is 907. The summed E-state index contributed by atoms with van der Waals surface area (Å²) in [4.78, 5) is 32.1. The number of carbonyl (C=O) groups is 2. The second-order valence-electron chi connectivity index (χ2n) is 8.82. The third-order valence-corrected chi connectivity index (χ3v) is 5.68. The van der Waals surface area contributed by atoms with E-state index >= 15 is 0 Å². The zero-order valence-electron chi connectivity index (χ0n) is 21.5. The molecule has 1 heterocycles. The third kappa shape index (κ3) is 11.8. The van der Waals surface area contributed by atoms with Gasteiger partial charge in [0.25, 0.3) is 0 Å². The molecule has 6 heteroatoms. The van der Waals surface area contributed by atoms with E-state index in [2.05, 4.69) is 29.0 Å². The fourth-order valence-corrected chi connectivity index (χ4v) is 3.54. The first-order chi connectivity index (χ1) is 17.0. The summed E-state index contributed by atoms with van der Waals surface area (Å²) in [7, 11) is 0. The van der Waals surface area contributed by atoms with E-state index in [1.54, 1.807) is 6.92 Å². The van der Waals surface area contributed by atoms with Gasteiger partial charge in [0.1, 0.15) is 0 Å². The largest absolute Gasteiger partial charge is 0.463 e. The first kappa shape index (κ1) is 28.2. The van der Waals surface area contributed by atoms with Gasteiger partial charge >= 0.3 is 11.9 Å². The molecule has 2 rings (SSSR count). The molecule has 1 aromatic heterocycles. The SMILES string of the molecule is CCCCCC=CCCCCC(=O)Oc1cnc(-c2ccc(CCC(C)OC(=O)CC)cc2)nc1. The molecule has 0 spiro atoms. The van der Waals surface area contributed by atoms with Crippen LogP contribution >= 0.6 is 0 Å². The topological polar surface area (TPSA) is 78.4 Å². The minimum Gasteiger partial charge on any atom is -0.463 e. The molecule has 190 valence electrons. The van der Waals surface area contributed by atoms with Crippen LogP contribution in [0.15, 0.2) is 48.8 Å². The number of benzene rings is 1. The van der Waals surface area contributed by atoms with Crippen LogP contribution in [0.5, 0.6) is 5.75 Å². The van der Waals surface area contributed by atoms with Gasteiger partial charge in [0.15, 0.2) is 11.6 Å². The van der Waals surface area contributed by atoms with Crippen molar-refractivity contribution in [1.29, 1.82) is 0 Å². The fraction of sp³-hybridized carbons (Fsp3) is 0.517. The van der Waals surface area contributed by atoms with Crippen molar-refractivity contribution in [2.45, 2.75) is 97.5 Å². The van der Waals surface area contributed by atoms with Crippen molar-refractivity contribution in [3.8, 4) is 17.1 Å². The van der Waals surface area contributed by atoms with Crippen LogP contribution < -0.4 is 4.74 Å². The molecule has 0 amide bonds. The van der Waals surface area contributed by atoms with Gasteiger partial charge in [-0.05, 0) is 57.4 Å². The van der Waals surface area contributed by atoms with Gasteiger partial charge in [-0.2, -0.15) is 0 Å². The van der Waals surface area contributed by atoms with Crippen molar-refractivity contribution < 1.29 is 19.1 Å². The Balaban J connectivity index is 1.71. The lowest BCUT2D eigenvalue weighted by atomic mass is 10.1. The number of ether oxygens (including phenoxy) is 2. The highest BCUT2D eigenvalue weighted by Gasteiger charge is 2.09. The summed E-state index contributed by atoms with van der Waals surface area (Å²) in [6.45, 7) is 5.92. The first-order valence-electron chi connectivity index (χ1n) is 13.0. The standard InChI is InChI=1S/C29H40N2O4/c1-4-6-7-8-9-10-11-12-13-14-28(33)35-26-21-30-29(31-22-26)25-19-17-24(18-20-25)16-15-23(3)34-27(32)5-2/h9-10,17-23H,4-8,11-16H2,1-3H3. The first-order valence-corrected chi connectivity index (χ1v) is 13.0. The van der Waals surface area contributed by atoms with Crippen molar-refractivity contribution in [2.75, 3.05) is 0 Å². The lowest BCUT2D eigenvalue weighted by Gasteiger charge is -2.12. The van der Waals surface area contributed by atoms with E-state index in [9.17, 15) is 9.59 Å². The van der Waals surface area contributed by atoms with Crippen LogP contribution in [0.4, 0.5) is 0 Å². The third-order valence-electron chi connectivity index (χ3n) is 5.68. The number of carbonyl (C=O) groups excluding carboxylic acids is 2.